The van der Waals surface area contributed by atoms with Crippen LogP contribution in [0, 0.1) is 5.92 Å². The summed E-state index contributed by atoms with van der Waals surface area (Å²) < 4.78 is 11.1. The van der Waals surface area contributed by atoms with Gasteiger partial charge in [0, 0.05) is 11.8 Å². The quantitative estimate of drug-likeness (QED) is 0.906. The Kier molecular flexibility index (Phi) is 4.32. The Morgan fingerprint density at radius 1 is 1.35 bits per heavy atom. The van der Waals surface area contributed by atoms with E-state index < -0.39 is 0 Å². The molecule has 0 aliphatic heterocycles. The highest BCUT2D eigenvalue weighted by molar-refractivity contribution is 5.84. The third-order valence-corrected chi connectivity index (χ3v) is 3.14. The van der Waals surface area contributed by atoms with Crippen LogP contribution in [0.5, 0.6) is 5.75 Å². The summed E-state index contributed by atoms with van der Waals surface area (Å²) in [5.41, 5.74) is 0.718. The van der Waals surface area contributed by atoms with Gasteiger partial charge in [0.05, 0.1) is 13.2 Å². The van der Waals surface area contributed by atoms with Crippen molar-refractivity contribution in [1.29, 1.82) is 0 Å². The Morgan fingerprint density at radius 3 is 2.75 bits per heavy atom. The van der Waals surface area contributed by atoms with Crippen molar-refractivity contribution in [2.45, 2.75) is 33.2 Å². The minimum Gasteiger partial charge on any atom is -0.493 e. The normalized spacial score (nSPS) is 12.7. The summed E-state index contributed by atoms with van der Waals surface area (Å²) in [6.07, 6.45) is 0.522. The smallest absolute Gasteiger partial charge is 0.220 e. The van der Waals surface area contributed by atoms with E-state index in [1.165, 1.54) is 0 Å². The second-order valence-corrected chi connectivity index (χ2v) is 5.41. The summed E-state index contributed by atoms with van der Waals surface area (Å²) in [6, 6.07) is 7.53. The number of amides is 1. The molecule has 4 heteroatoms. The molecule has 0 spiro atoms. The number of rotatable bonds is 5. The second kappa shape index (κ2) is 5.99. The van der Waals surface area contributed by atoms with Crippen molar-refractivity contribution in [2.75, 3.05) is 7.11 Å². The third-order valence-electron chi connectivity index (χ3n) is 3.14. The topological polar surface area (TPSA) is 51.5 Å². The molecule has 0 radical (unpaired) electrons. The molecule has 4 nitrogen and oxygen atoms in total. The number of carbonyl (C=O) groups is 1. The number of hydrogen-bond donors (Lipinski definition) is 1. The van der Waals surface area contributed by atoms with Gasteiger partial charge in [-0.1, -0.05) is 26.0 Å². The van der Waals surface area contributed by atoms with Crippen molar-refractivity contribution in [3.05, 3.63) is 30.0 Å². The summed E-state index contributed by atoms with van der Waals surface area (Å²) in [5, 5.41) is 3.93. The number of furan rings is 1. The molecule has 0 fully saturated rings. The molecule has 0 aliphatic rings. The Bertz CT molecular complexity index is 601. The molecular formula is C16H21NO3. The molecular weight excluding hydrogens is 254 g/mol. The molecule has 1 atom stereocenters. The lowest BCUT2D eigenvalue weighted by Gasteiger charge is -2.12. The highest BCUT2D eigenvalue weighted by Gasteiger charge is 2.16. The first kappa shape index (κ1) is 14.4. The average molecular weight is 275 g/mol. The maximum absolute atomic E-state index is 11.8. The van der Waals surface area contributed by atoms with Gasteiger partial charge in [-0.15, -0.1) is 0 Å². The molecule has 2 aromatic rings. The molecule has 1 unspecified atom stereocenters. The van der Waals surface area contributed by atoms with Crippen LogP contribution in [0.3, 0.4) is 0 Å². The van der Waals surface area contributed by atoms with Crippen LogP contribution in [-0.2, 0) is 4.79 Å². The molecule has 108 valence electrons. The number of para-hydroxylation sites is 1. The van der Waals surface area contributed by atoms with Crippen LogP contribution in [0.4, 0.5) is 0 Å². The van der Waals surface area contributed by atoms with Crippen molar-refractivity contribution >= 4 is 16.9 Å². The minimum atomic E-state index is -0.154. The van der Waals surface area contributed by atoms with Crippen molar-refractivity contribution in [1.82, 2.24) is 5.32 Å². The fourth-order valence-corrected chi connectivity index (χ4v) is 2.17. The molecule has 1 aromatic carbocycles. The Labute approximate surface area is 119 Å². The molecule has 0 saturated carbocycles. The van der Waals surface area contributed by atoms with Crippen LogP contribution in [0.25, 0.3) is 11.0 Å². The first-order valence-electron chi connectivity index (χ1n) is 6.87. The van der Waals surface area contributed by atoms with E-state index in [0.29, 0.717) is 18.1 Å². The van der Waals surface area contributed by atoms with Crippen molar-refractivity contribution in [3.63, 3.8) is 0 Å². The average Bonchev–Trinajstić information content (AvgIpc) is 2.81. The lowest BCUT2D eigenvalue weighted by atomic mass is 10.1. The number of fused-ring (bicyclic) bond motifs is 1. The van der Waals surface area contributed by atoms with Gasteiger partial charge < -0.3 is 14.5 Å². The molecule has 2 rings (SSSR count). The van der Waals surface area contributed by atoms with E-state index in [1.807, 2.05) is 45.0 Å². The first-order valence-corrected chi connectivity index (χ1v) is 6.87. The van der Waals surface area contributed by atoms with E-state index in [1.54, 1.807) is 7.11 Å². The standard InChI is InChI=1S/C16H21NO3/c1-10(2)8-15(18)17-11(3)14-9-12-6-5-7-13(19-4)16(12)20-14/h5-7,9-11H,8H2,1-4H3,(H,17,18). The second-order valence-electron chi connectivity index (χ2n) is 5.41. The number of nitrogens with one attached hydrogen (secondary N) is 1. The molecule has 0 saturated heterocycles. The van der Waals surface area contributed by atoms with Gasteiger partial charge in [-0.25, -0.2) is 0 Å². The molecule has 1 aromatic heterocycles. The van der Waals surface area contributed by atoms with E-state index in [4.69, 9.17) is 9.15 Å². The highest BCUT2D eigenvalue weighted by Crippen LogP contribution is 2.30. The Morgan fingerprint density at radius 2 is 2.10 bits per heavy atom. The van der Waals surface area contributed by atoms with Crippen molar-refractivity contribution in [2.24, 2.45) is 5.92 Å². The van der Waals surface area contributed by atoms with Gasteiger partial charge in [-0.05, 0) is 25.0 Å². The molecule has 0 aliphatic carbocycles. The van der Waals surface area contributed by atoms with E-state index >= 15 is 0 Å². The fourth-order valence-electron chi connectivity index (χ4n) is 2.17. The van der Waals surface area contributed by atoms with E-state index in [2.05, 4.69) is 5.32 Å². The molecule has 1 amide bonds. The highest BCUT2D eigenvalue weighted by atomic mass is 16.5. The van der Waals surface area contributed by atoms with Crippen LogP contribution in [-0.4, -0.2) is 13.0 Å². The maximum atomic E-state index is 11.8. The van der Waals surface area contributed by atoms with Crippen LogP contribution in [0.15, 0.2) is 28.7 Å². The zero-order valence-corrected chi connectivity index (χ0v) is 12.4. The van der Waals surface area contributed by atoms with Gasteiger partial charge in [-0.2, -0.15) is 0 Å². The number of ether oxygens (including phenoxy) is 1. The third kappa shape index (κ3) is 3.13. The van der Waals surface area contributed by atoms with Gasteiger partial charge >= 0.3 is 0 Å². The predicted octanol–water partition coefficient (Wildman–Crippen LogP) is 3.66. The minimum absolute atomic E-state index is 0.0416. The molecule has 1 heterocycles. The lowest BCUT2D eigenvalue weighted by molar-refractivity contribution is -0.122. The molecule has 20 heavy (non-hydrogen) atoms. The fraction of sp³-hybridized carbons (Fsp3) is 0.438. The van der Waals surface area contributed by atoms with E-state index in [0.717, 1.165) is 16.7 Å². The monoisotopic (exact) mass is 275 g/mol. The number of methoxy groups -OCH3 is 1. The summed E-state index contributed by atoms with van der Waals surface area (Å²) in [6.45, 7) is 5.97. The number of benzene rings is 1. The molecule has 1 N–H and O–H groups in total. The zero-order chi connectivity index (χ0) is 14.7. The summed E-state index contributed by atoms with van der Waals surface area (Å²) in [7, 11) is 1.62. The first-order chi connectivity index (χ1) is 9.51. The predicted molar refractivity (Wildman–Crippen MR) is 78.8 cm³/mol. The summed E-state index contributed by atoms with van der Waals surface area (Å²) in [5.74, 6) is 1.83. The van der Waals surface area contributed by atoms with Crippen LogP contribution < -0.4 is 10.1 Å². The van der Waals surface area contributed by atoms with Gasteiger partial charge in [0.2, 0.25) is 5.91 Å². The van der Waals surface area contributed by atoms with E-state index in [-0.39, 0.29) is 11.9 Å². The lowest BCUT2D eigenvalue weighted by Crippen LogP contribution is -2.27. The Balaban J connectivity index is 2.18. The summed E-state index contributed by atoms with van der Waals surface area (Å²) >= 11 is 0. The van der Waals surface area contributed by atoms with Crippen LogP contribution in [0.1, 0.15) is 39.0 Å². The number of carbonyl (C=O) groups excluding carboxylic acids is 1. The number of hydrogen-bond acceptors (Lipinski definition) is 3. The van der Waals surface area contributed by atoms with Gasteiger partial charge in [-0.3, -0.25) is 4.79 Å². The van der Waals surface area contributed by atoms with Crippen molar-refractivity contribution in [3.8, 4) is 5.75 Å². The zero-order valence-electron chi connectivity index (χ0n) is 12.4. The Hall–Kier alpha value is -1.97. The largest absolute Gasteiger partial charge is 0.493 e. The van der Waals surface area contributed by atoms with Gasteiger partial charge in [0.15, 0.2) is 11.3 Å². The van der Waals surface area contributed by atoms with Gasteiger partial charge in [0.1, 0.15) is 5.76 Å². The van der Waals surface area contributed by atoms with Crippen LogP contribution >= 0.6 is 0 Å². The molecule has 0 bridgehead atoms. The maximum Gasteiger partial charge on any atom is 0.220 e. The van der Waals surface area contributed by atoms with Gasteiger partial charge in [0.25, 0.3) is 0 Å². The van der Waals surface area contributed by atoms with Crippen molar-refractivity contribution < 1.29 is 13.9 Å². The SMILES string of the molecule is COc1cccc2cc(C(C)NC(=O)CC(C)C)oc12. The van der Waals surface area contributed by atoms with Crippen LogP contribution in [0.2, 0.25) is 0 Å². The summed E-state index contributed by atoms with van der Waals surface area (Å²) in [4.78, 5) is 11.8. The van der Waals surface area contributed by atoms with E-state index in [9.17, 15) is 4.79 Å².